The molecule has 0 atom stereocenters. The van der Waals surface area contributed by atoms with Crippen LogP contribution in [0, 0.1) is 17.5 Å². The quantitative estimate of drug-likeness (QED) is 0.345. The fourth-order valence-electron chi connectivity index (χ4n) is 1.02. The maximum Gasteiger partial charge on any atom is 0.313 e. The second-order valence-corrected chi connectivity index (χ2v) is 2.93. The van der Waals surface area contributed by atoms with Crippen molar-refractivity contribution in [2.75, 3.05) is 7.11 Å². The number of benzene rings is 1. The summed E-state index contributed by atoms with van der Waals surface area (Å²) in [7, 11) is 1.07. The van der Waals surface area contributed by atoms with Crippen molar-refractivity contribution in [2.24, 2.45) is 0 Å². The van der Waals surface area contributed by atoms with Crippen LogP contribution in [-0.4, -0.2) is 18.9 Å². The number of esters is 1. The van der Waals surface area contributed by atoms with E-state index >= 15 is 0 Å². The number of carbonyl (C=O) groups excluding carboxylic acids is 2. The summed E-state index contributed by atoms with van der Waals surface area (Å²) in [4.78, 5) is 22.0. The Balaban J connectivity index is 2.97. The molecular formula is C10H7F3O3. The number of Topliss-reactive ketones (excluding diaryl/α,β-unsaturated/α-hetero) is 1. The van der Waals surface area contributed by atoms with E-state index in [1.807, 2.05) is 0 Å². The lowest BCUT2D eigenvalue weighted by Gasteiger charge is -2.01. The first-order valence-corrected chi connectivity index (χ1v) is 4.20. The van der Waals surface area contributed by atoms with Crippen LogP contribution >= 0.6 is 0 Å². The minimum absolute atomic E-state index is 0.415. The van der Waals surface area contributed by atoms with E-state index in [1.54, 1.807) is 0 Å². The average Bonchev–Trinajstić information content (AvgIpc) is 2.24. The number of methoxy groups -OCH3 is 1. The molecule has 1 rings (SSSR count). The van der Waals surface area contributed by atoms with Crippen molar-refractivity contribution >= 4 is 11.8 Å². The zero-order chi connectivity index (χ0) is 12.3. The van der Waals surface area contributed by atoms with E-state index < -0.39 is 41.2 Å². The summed E-state index contributed by atoms with van der Waals surface area (Å²) >= 11 is 0. The first-order chi connectivity index (χ1) is 7.45. The molecule has 0 spiro atoms. The molecule has 0 aliphatic carbocycles. The van der Waals surface area contributed by atoms with Crippen molar-refractivity contribution in [2.45, 2.75) is 6.42 Å². The first-order valence-electron chi connectivity index (χ1n) is 4.20. The second kappa shape index (κ2) is 4.78. The fraction of sp³-hybridized carbons (Fsp3) is 0.200. The Morgan fingerprint density at radius 2 is 1.69 bits per heavy atom. The standard InChI is InChI=1S/C10H7F3O3/c1-16-9(15)4-8(14)5-2-6(11)10(13)7(12)3-5/h2-3H,4H2,1H3. The van der Waals surface area contributed by atoms with Gasteiger partial charge in [0.2, 0.25) is 0 Å². The molecule has 0 saturated heterocycles. The monoisotopic (exact) mass is 232 g/mol. The minimum atomic E-state index is -1.66. The van der Waals surface area contributed by atoms with E-state index in [1.165, 1.54) is 0 Å². The number of halogens is 3. The highest BCUT2D eigenvalue weighted by Gasteiger charge is 2.17. The van der Waals surface area contributed by atoms with Gasteiger partial charge >= 0.3 is 5.97 Å². The third kappa shape index (κ3) is 2.59. The molecule has 0 bridgehead atoms. The lowest BCUT2D eigenvalue weighted by atomic mass is 10.1. The predicted molar refractivity (Wildman–Crippen MR) is 47.3 cm³/mol. The van der Waals surface area contributed by atoms with Crippen molar-refractivity contribution in [1.29, 1.82) is 0 Å². The molecule has 16 heavy (non-hydrogen) atoms. The number of carbonyl (C=O) groups is 2. The van der Waals surface area contributed by atoms with Gasteiger partial charge in [0.05, 0.1) is 7.11 Å². The SMILES string of the molecule is COC(=O)CC(=O)c1cc(F)c(F)c(F)c1. The van der Waals surface area contributed by atoms with Crippen molar-refractivity contribution in [3.05, 3.63) is 35.1 Å². The van der Waals surface area contributed by atoms with Gasteiger partial charge in [-0.25, -0.2) is 13.2 Å². The molecule has 0 saturated carbocycles. The van der Waals surface area contributed by atoms with Crippen LogP contribution in [-0.2, 0) is 9.53 Å². The molecule has 1 aromatic carbocycles. The summed E-state index contributed by atoms with van der Waals surface area (Å²) < 4.78 is 42.2. The van der Waals surface area contributed by atoms with E-state index in [0.29, 0.717) is 12.1 Å². The molecule has 3 nitrogen and oxygen atoms in total. The summed E-state index contributed by atoms with van der Waals surface area (Å²) in [5, 5.41) is 0. The molecule has 0 fully saturated rings. The van der Waals surface area contributed by atoms with Crippen molar-refractivity contribution in [3.8, 4) is 0 Å². The largest absolute Gasteiger partial charge is 0.469 e. The molecule has 0 unspecified atom stereocenters. The second-order valence-electron chi connectivity index (χ2n) is 2.93. The van der Waals surface area contributed by atoms with Crippen LogP contribution < -0.4 is 0 Å². The number of hydrogen-bond donors (Lipinski definition) is 0. The molecule has 6 heteroatoms. The Morgan fingerprint density at radius 1 is 1.19 bits per heavy atom. The zero-order valence-electron chi connectivity index (χ0n) is 8.22. The number of rotatable bonds is 3. The number of hydrogen-bond acceptors (Lipinski definition) is 3. The van der Waals surface area contributed by atoms with E-state index in [-0.39, 0.29) is 0 Å². The van der Waals surface area contributed by atoms with Gasteiger partial charge in [0, 0.05) is 5.56 Å². The van der Waals surface area contributed by atoms with Crippen LogP contribution in [0.4, 0.5) is 13.2 Å². The van der Waals surface area contributed by atoms with Crippen molar-refractivity contribution < 1.29 is 27.5 Å². The molecule has 1 aromatic rings. The summed E-state index contributed by atoms with van der Waals surface area (Å²) in [6.07, 6.45) is -0.652. The summed E-state index contributed by atoms with van der Waals surface area (Å²) in [5.74, 6) is -6.30. The average molecular weight is 232 g/mol. The smallest absolute Gasteiger partial charge is 0.313 e. The molecule has 0 heterocycles. The molecular weight excluding hydrogens is 225 g/mol. The lowest BCUT2D eigenvalue weighted by Crippen LogP contribution is -2.10. The minimum Gasteiger partial charge on any atom is -0.469 e. The maximum atomic E-state index is 12.7. The summed E-state index contributed by atoms with van der Waals surface area (Å²) in [6.45, 7) is 0. The number of ketones is 1. The van der Waals surface area contributed by atoms with Gasteiger partial charge in [-0.15, -0.1) is 0 Å². The van der Waals surface area contributed by atoms with Crippen LogP contribution in [0.1, 0.15) is 16.8 Å². The molecule has 0 amide bonds. The fourth-order valence-corrected chi connectivity index (χ4v) is 1.02. The third-order valence-corrected chi connectivity index (χ3v) is 1.84. The Hall–Kier alpha value is -1.85. The van der Waals surface area contributed by atoms with Crippen molar-refractivity contribution in [1.82, 2.24) is 0 Å². The summed E-state index contributed by atoms with van der Waals surface area (Å²) in [6, 6.07) is 1.06. The lowest BCUT2D eigenvalue weighted by molar-refractivity contribution is -0.139. The predicted octanol–water partition coefficient (Wildman–Crippen LogP) is 1.85. The van der Waals surface area contributed by atoms with E-state index in [9.17, 15) is 22.8 Å². The van der Waals surface area contributed by atoms with Gasteiger partial charge < -0.3 is 4.74 Å². The van der Waals surface area contributed by atoms with Gasteiger partial charge in [-0.3, -0.25) is 9.59 Å². The Kier molecular flexibility index (Phi) is 3.65. The van der Waals surface area contributed by atoms with Gasteiger partial charge in [0.25, 0.3) is 0 Å². The molecule has 0 N–H and O–H groups in total. The van der Waals surface area contributed by atoms with Crippen LogP contribution in [0.15, 0.2) is 12.1 Å². The highest BCUT2D eigenvalue weighted by atomic mass is 19.2. The topological polar surface area (TPSA) is 43.4 Å². The highest BCUT2D eigenvalue weighted by Crippen LogP contribution is 2.15. The summed E-state index contributed by atoms with van der Waals surface area (Å²) in [5.41, 5.74) is -0.415. The molecule has 0 radical (unpaired) electrons. The van der Waals surface area contributed by atoms with Crippen LogP contribution in [0.5, 0.6) is 0 Å². The van der Waals surface area contributed by atoms with Crippen LogP contribution in [0.25, 0.3) is 0 Å². The molecule has 0 aliphatic rings. The molecule has 0 aromatic heterocycles. The molecule has 86 valence electrons. The number of ether oxygens (including phenoxy) is 1. The van der Waals surface area contributed by atoms with Gasteiger partial charge in [-0.2, -0.15) is 0 Å². The maximum absolute atomic E-state index is 12.7. The highest BCUT2D eigenvalue weighted by molar-refractivity contribution is 6.05. The zero-order valence-corrected chi connectivity index (χ0v) is 8.22. The van der Waals surface area contributed by atoms with Crippen molar-refractivity contribution in [3.63, 3.8) is 0 Å². The van der Waals surface area contributed by atoms with Gasteiger partial charge in [-0.05, 0) is 12.1 Å². The van der Waals surface area contributed by atoms with E-state index in [2.05, 4.69) is 4.74 Å². The van der Waals surface area contributed by atoms with E-state index in [4.69, 9.17) is 0 Å². The van der Waals surface area contributed by atoms with Gasteiger partial charge in [0.1, 0.15) is 6.42 Å². The normalized spacial score (nSPS) is 10.0. The Labute approximate surface area is 88.8 Å². The Bertz CT molecular complexity index is 420. The van der Waals surface area contributed by atoms with Crippen LogP contribution in [0.3, 0.4) is 0 Å². The van der Waals surface area contributed by atoms with Gasteiger partial charge in [0.15, 0.2) is 23.2 Å². The van der Waals surface area contributed by atoms with Crippen LogP contribution in [0.2, 0.25) is 0 Å². The third-order valence-electron chi connectivity index (χ3n) is 1.84. The molecule has 0 aliphatic heterocycles. The van der Waals surface area contributed by atoms with Gasteiger partial charge in [-0.1, -0.05) is 0 Å². The van der Waals surface area contributed by atoms with E-state index in [0.717, 1.165) is 7.11 Å². The first kappa shape index (κ1) is 12.2. The Morgan fingerprint density at radius 3 is 2.12 bits per heavy atom.